The van der Waals surface area contributed by atoms with Crippen molar-refractivity contribution in [3.8, 4) is 0 Å². The Labute approximate surface area is 92.8 Å². The first-order valence-corrected chi connectivity index (χ1v) is 6.21. The number of rotatable bonds is 6. The normalized spacial score (nSPS) is 26.1. The van der Waals surface area contributed by atoms with E-state index in [0.717, 1.165) is 31.7 Å². The second-order valence-electron chi connectivity index (χ2n) is 4.64. The van der Waals surface area contributed by atoms with Gasteiger partial charge in [0.25, 0.3) is 0 Å². The van der Waals surface area contributed by atoms with Gasteiger partial charge in [-0.05, 0) is 25.3 Å². The van der Waals surface area contributed by atoms with Gasteiger partial charge in [0.15, 0.2) is 0 Å². The average Bonchev–Trinajstić information content (AvgIpc) is 2.67. The van der Waals surface area contributed by atoms with Crippen LogP contribution in [0.3, 0.4) is 0 Å². The maximum Gasteiger partial charge on any atom is 0.222 e. The van der Waals surface area contributed by atoms with Crippen LogP contribution in [0.25, 0.3) is 0 Å². The summed E-state index contributed by atoms with van der Waals surface area (Å²) in [4.78, 5) is 11.2. The Balaban J connectivity index is 2.34. The first kappa shape index (κ1) is 12.5. The fraction of sp³-hybridized carbons (Fsp3) is 0.917. The van der Waals surface area contributed by atoms with Crippen LogP contribution >= 0.6 is 0 Å². The molecule has 1 rings (SSSR count). The third kappa shape index (κ3) is 3.49. The van der Waals surface area contributed by atoms with Crippen molar-refractivity contribution in [2.75, 3.05) is 6.54 Å². The predicted octanol–water partition coefficient (Wildman–Crippen LogP) is 1.67. The predicted molar refractivity (Wildman–Crippen MR) is 62.4 cm³/mol. The smallest absolute Gasteiger partial charge is 0.222 e. The van der Waals surface area contributed by atoms with E-state index in [2.05, 4.69) is 19.2 Å². The molecule has 3 nitrogen and oxygen atoms in total. The molecule has 1 aliphatic rings. The van der Waals surface area contributed by atoms with E-state index in [1.54, 1.807) is 0 Å². The van der Waals surface area contributed by atoms with E-state index in [0.29, 0.717) is 6.04 Å². The van der Waals surface area contributed by atoms with Gasteiger partial charge in [0.05, 0.1) is 5.92 Å². The molecule has 0 aromatic heterocycles. The van der Waals surface area contributed by atoms with Crippen LogP contribution in [0.5, 0.6) is 0 Å². The van der Waals surface area contributed by atoms with Crippen molar-refractivity contribution in [3.63, 3.8) is 0 Å². The summed E-state index contributed by atoms with van der Waals surface area (Å²) < 4.78 is 0. The van der Waals surface area contributed by atoms with Gasteiger partial charge >= 0.3 is 0 Å². The number of primary amides is 1. The summed E-state index contributed by atoms with van der Waals surface area (Å²) in [5.41, 5.74) is 5.38. The average molecular weight is 212 g/mol. The summed E-state index contributed by atoms with van der Waals surface area (Å²) in [5, 5.41) is 3.51. The molecule has 0 aliphatic heterocycles. The maximum atomic E-state index is 11.2. The molecule has 0 saturated heterocycles. The van der Waals surface area contributed by atoms with Crippen molar-refractivity contribution < 1.29 is 4.79 Å². The number of amides is 1. The van der Waals surface area contributed by atoms with Gasteiger partial charge in [0, 0.05) is 6.04 Å². The van der Waals surface area contributed by atoms with Gasteiger partial charge in [-0.15, -0.1) is 0 Å². The molecule has 1 aliphatic carbocycles. The number of hydrogen-bond acceptors (Lipinski definition) is 2. The van der Waals surface area contributed by atoms with Crippen LogP contribution < -0.4 is 11.1 Å². The highest BCUT2D eigenvalue weighted by molar-refractivity contribution is 5.77. The lowest BCUT2D eigenvalue weighted by molar-refractivity contribution is -0.122. The Bertz CT molecular complexity index is 202. The van der Waals surface area contributed by atoms with Crippen LogP contribution in [0.15, 0.2) is 0 Å². The first-order chi connectivity index (χ1) is 7.19. The summed E-state index contributed by atoms with van der Waals surface area (Å²) in [6, 6.07) is 0.336. The molecule has 0 heterocycles. The molecule has 1 saturated carbocycles. The lowest BCUT2D eigenvalue weighted by atomic mass is 10.00. The van der Waals surface area contributed by atoms with E-state index < -0.39 is 0 Å². The molecule has 0 bridgehead atoms. The highest BCUT2D eigenvalue weighted by Crippen LogP contribution is 2.25. The molecule has 2 unspecified atom stereocenters. The Morgan fingerprint density at radius 1 is 1.40 bits per heavy atom. The highest BCUT2D eigenvalue weighted by Gasteiger charge is 2.31. The minimum Gasteiger partial charge on any atom is -0.369 e. The summed E-state index contributed by atoms with van der Waals surface area (Å²) in [5.74, 6) is 0.674. The minimum absolute atomic E-state index is 0.0689. The van der Waals surface area contributed by atoms with Gasteiger partial charge in [0.1, 0.15) is 0 Å². The number of nitrogens with two attached hydrogens (primary N) is 1. The lowest BCUT2D eigenvalue weighted by Gasteiger charge is -2.21. The Morgan fingerprint density at radius 2 is 2.07 bits per heavy atom. The van der Waals surface area contributed by atoms with Crippen molar-refractivity contribution in [1.82, 2.24) is 5.32 Å². The van der Waals surface area contributed by atoms with E-state index in [4.69, 9.17) is 5.73 Å². The third-order valence-electron chi connectivity index (χ3n) is 3.70. The maximum absolute atomic E-state index is 11.2. The van der Waals surface area contributed by atoms with Crippen LogP contribution in [0, 0.1) is 11.8 Å². The first-order valence-electron chi connectivity index (χ1n) is 6.21. The summed E-state index contributed by atoms with van der Waals surface area (Å²) in [6.07, 6.45) is 5.62. The molecular formula is C12H24N2O. The Hall–Kier alpha value is -0.570. The molecule has 88 valence electrons. The summed E-state index contributed by atoms with van der Waals surface area (Å²) in [7, 11) is 0. The van der Waals surface area contributed by atoms with E-state index in [9.17, 15) is 4.79 Å². The van der Waals surface area contributed by atoms with Crippen molar-refractivity contribution in [2.24, 2.45) is 17.6 Å². The van der Waals surface area contributed by atoms with Crippen molar-refractivity contribution in [2.45, 2.75) is 52.0 Å². The molecule has 3 heteroatoms. The quantitative estimate of drug-likeness (QED) is 0.703. The van der Waals surface area contributed by atoms with Crippen LogP contribution in [-0.4, -0.2) is 18.5 Å². The zero-order valence-electron chi connectivity index (χ0n) is 9.96. The molecular weight excluding hydrogens is 188 g/mol. The van der Waals surface area contributed by atoms with E-state index in [1.807, 2.05) is 0 Å². The van der Waals surface area contributed by atoms with Gasteiger partial charge in [-0.25, -0.2) is 0 Å². The number of carbonyl (C=O) groups is 1. The largest absolute Gasteiger partial charge is 0.369 e. The van der Waals surface area contributed by atoms with E-state index in [-0.39, 0.29) is 11.8 Å². The van der Waals surface area contributed by atoms with Gasteiger partial charge in [0.2, 0.25) is 5.91 Å². The highest BCUT2D eigenvalue weighted by atomic mass is 16.1. The van der Waals surface area contributed by atoms with Gasteiger partial charge < -0.3 is 11.1 Å². The summed E-state index contributed by atoms with van der Waals surface area (Å²) >= 11 is 0. The molecule has 1 amide bonds. The molecule has 0 spiro atoms. The standard InChI is InChI=1S/C12H24N2O/c1-3-9(4-2)8-14-11-7-5-6-10(11)12(13)15/h9-11,14H,3-8H2,1-2H3,(H2,13,15). The molecule has 1 fully saturated rings. The SMILES string of the molecule is CCC(CC)CNC1CCCC1C(N)=O. The minimum atomic E-state index is -0.130. The van der Waals surface area contributed by atoms with Crippen LogP contribution in [0.2, 0.25) is 0 Å². The lowest BCUT2D eigenvalue weighted by Crippen LogP contribution is -2.41. The Morgan fingerprint density at radius 3 is 2.60 bits per heavy atom. The summed E-state index contributed by atoms with van der Waals surface area (Å²) in [6.45, 7) is 5.47. The second-order valence-corrected chi connectivity index (χ2v) is 4.64. The number of hydrogen-bond donors (Lipinski definition) is 2. The fourth-order valence-electron chi connectivity index (χ4n) is 2.44. The van der Waals surface area contributed by atoms with Crippen LogP contribution in [0.4, 0.5) is 0 Å². The number of carbonyl (C=O) groups excluding carboxylic acids is 1. The monoisotopic (exact) mass is 212 g/mol. The molecule has 3 N–H and O–H groups in total. The van der Waals surface area contributed by atoms with Gasteiger partial charge in [-0.2, -0.15) is 0 Å². The zero-order chi connectivity index (χ0) is 11.3. The second kappa shape index (κ2) is 6.11. The van der Waals surface area contributed by atoms with E-state index in [1.165, 1.54) is 12.8 Å². The van der Waals surface area contributed by atoms with Crippen LogP contribution in [0.1, 0.15) is 46.0 Å². The molecule has 15 heavy (non-hydrogen) atoms. The van der Waals surface area contributed by atoms with Gasteiger partial charge in [-0.1, -0.05) is 33.1 Å². The third-order valence-corrected chi connectivity index (χ3v) is 3.70. The molecule has 0 aromatic rings. The number of nitrogens with one attached hydrogen (secondary N) is 1. The zero-order valence-corrected chi connectivity index (χ0v) is 9.96. The fourth-order valence-corrected chi connectivity index (χ4v) is 2.44. The van der Waals surface area contributed by atoms with Crippen molar-refractivity contribution in [1.29, 1.82) is 0 Å². The van der Waals surface area contributed by atoms with E-state index >= 15 is 0 Å². The molecule has 2 atom stereocenters. The molecule has 0 radical (unpaired) electrons. The van der Waals surface area contributed by atoms with Crippen LogP contribution in [-0.2, 0) is 4.79 Å². The molecule has 0 aromatic carbocycles. The van der Waals surface area contributed by atoms with Crippen molar-refractivity contribution >= 4 is 5.91 Å². The Kier molecular flexibility index (Phi) is 5.09. The van der Waals surface area contributed by atoms with Crippen molar-refractivity contribution in [3.05, 3.63) is 0 Å². The van der Waals surface area contributed by atoms with Gasteiger partial charge in [-0.3, -0.25) is 4.79 Å². The topological polar surface area (TPSA) is 55.1 Å².